The van der Waals surface area contributed by atoms with Crippen LogP contribution in [0.3, 0.4) is 0 Å². The zero-order valence-corrected chi connectivity index (χ0v) is 13.5. The highest BCUT2D eigenvalue weighted by Gasteiger charge is 2.35. The van der Waals surface area contributed by atoms with Crippen LogP contribution in [0.25, 0.3) is 0 Å². The van der Waals surface area contributed by atoms with Gasteiger partial charge in [0.25, 0.3) is 0 Å². The third-order valence-electron chi connectivity index (χ3n) is 4.50. The van der Waals surface area contributed by atoms with Gasteiger partial charge in [-0.25, -0.2) is 0 Å². The molecule has 0 radical (unpaired) electrons. The number of alkyl halides is 3. The SMILES string of the molecule is O=C(Cc1cccc(OC(F)(F)F)c1)C1CC2CCCC(C1)S2. The third-order valence-corrected chi connectivity index (χ3v) is 6.12. The lowest BCUT2D eigenvalue weighted by Gasteiger charge is -2.38. The first kappa shape index (κ1) is 16.7. The lowest BCUT2D eigenvalue weighted by atomic mass is 9.85. The summed E-state index contributed by atoms with van der Waals surface area (Å²) in [4.78, 5) is 12.5. The van der Waals surface area contributed by atoms with Crippen LogP contribution in [0.5, 0.6) is 5.75 Å². The Kier molecular flexibility index (Phi) is 4.90. The van der Waals surface area contributed by atoms with E-state index in [1.54, 1.807) is 6.07 Å². The van der Waals surface area contributed by atoms with Crippen molar-refractivity contribution < 1.29 is 22.7 Å². The molecule has 2 saturated heterocycles. The molecule has 0 saturated carbocycles. The first-order chi connectivity index (χ1) is 10.9. The van der Waals surface area contributed by atoms with Gasteiger partial charge in [0, 0.05) is 22.8 Å². The van der Waals surface area contributed by atoms with Gasteiger partial charge in [-0.15, -0.1) is 13.2 Å². The number of carbonyl (C=O) groups excluding carboxylic acids is 1. The standard InChI is InChI=1S/C17H19F3O2S/c18-17(19,20)22-13-4-1-3-11(7-13)8-16(21)12-9-14-5-2-6-15(10-12)23-14/h1,3-4,7,12,14-15H,2,5-6,8-10H2. The number of fused-ring (bicyclic) bond motifs is 2. The van der Waals surface area contributed by atoms with E-state index in [1.807, 2.05) is 11.8 Å². The summed E-state index contributed by atoms with van der Waals surface area (Å²) >= 11 is 2.01. The average molecular weight is 344 g/mol. The zero-order valence-electron chi connectivity index (χ0n) is 12.6. The van der Waals surface area contributed by atoms with Crippen molar-refractivity contribution in [3.63, 3.8) is 0 Å². The van der Waals surface area contributed by atoms with E-state index in [0.29, 0.717) is 16.1 Å². The fourth-order valence-electron chi connectivity index (χ4n) is 3.52. The minimum atomic E-state index is -4.71. The molecule has 0 spiro atoms. The molecule has 2 nitrogen and oxygen atoms in total. The second kappa shape index (κ2) is 6.75. The number of halogens is 3. The maximum absolute atomic E-state index is 12.5. The number of carbonyl (C=O) groups is 1. The van der Waals surface area contributed by atoms with Gasteiger partial charge in [0.2, 0.25) is 0 Å². The molecule has 0 N–H and O–H groups in total. The molecule has 2 fully saturated rings. The molecule has 0 aliphatic carbocycles. The number of hydrogen-bond acceptors (Lipinski definition) is 3. The smallest absolute Gasteiger partial charge is 0.406 e. The number of rotatable bonds is 4. The van der Waals surface area contributed by atoms with Crippen LogP contribution in [0.4, 0.5) is 13.2 Å². The molecular weight excluding hydrogens is 325 g/mol. The molecule has 1 aromatic rings. The Morgan fingerprint density at radius 3 is 2.57 bits per heavy atom. The number of hydrogen-bond donors (Lipinski definition) is 0. The predicted molar refractivity (Wildman–Crippen MR) is 83.6 cm³/mol. The predicted octanol–water partition coefficient (Wildman–Crippen LogP) is 4.76. The molecule has 6 heteroatoms. The number of ether oxygens (including phenoxy) is 1. The van der Waals surface area contributed by atoms with Crippen molar-refractivity contribution in [2.75, 3.05) is 0 Å². The lowest BCUT2D eigenvalue weighted by molar-refractivity contribution is -0.274. The Hall–Kier alpha value is -1.17. The van der Waals surface area contributed by atoms with Crippen LogP contribution in [-0.2, 0) is 11.2 Å². The lowest BCUT2D eigenvalue weighted by Crippen LogP contribution is -2.33. The summed E-state index contributed by atoms with van der Waals surface area (Å²) in [6.45, 7) is 0. The van der Waals surface area contributed by atoms with Gasteiger partial charge in [0.15, 0.2) is 0 Å². The fourth-order valence-corrected chi connectivity index (χ4v) is 5.36. The summed E-state index contributed by atoms with van der Waals surface area (Å²) in [6, 6.07) is 5.74. The van der Waals surface area contributed by atoms with Crippen LogP contribution >= 0.6 is 11.8 Å². The van der Waals surface area contributed by atoms with Crippen LogP contribution in [0.1, 0.15) is 37.7 Å². The summed E-state index contributed by atoms with van der Waals surface area (Å²) < 4.78 is 40.7. The molecule has 1 aromatic carbocycles. The van der Waals surface area contributed by atoms with E-state index in [9.17, 15) is 18.0 Å². The average Bonchev–Trinajstić information content (AvgIpc) is 2.45. The van der Waals surface area contributed by atoms with Gasteiger partial charge in [-0.1, -0.05) is 18.6 Å². The van der Waals surface area contributed by atoms with Gasteiger partial charge < -0.3 is 4.74 Å². The topological polar surface area (TPSA) is 26.3 Å². The Bertz CT molecular complexity index is 561. The summed E-state index contributed by atoms with van der Waals surface area (Å²) in [7, 11) is 0. The van der Waals surface area contributed by atoms with Crippen LogP contribution in [-0.4, -0.2) is 22.6 Å². The van der Waals surface area contributed by atoms with Gasteiger partial charge in [0.1, 0.15) is 11.5 Å². The maximum atomic E-state index is 12.5. The molecule has 3 rings (SSSR count). The number of ketones is 1. The zero-order chi connectivity index (χ0) is 16.4. The highest BCUT2D eigenvalue weighted by Crippen LogP contribution is 2.44. The van der Waals surface area contributed by atoms with Gasteiger partial charge in [-0.3, -0.25) is 4.79 Å². The Morgan fingerprint density at radius 1 is 1.22 bits per heavy atom. The molecule has 2 aliphatic heterocycles. The molecule has 2 bridgehead atoms. The van der Waals surface area contributed by atoms with Gasteiger partial charge >= 0.3 is 6.36 Å². The van der Waals surface area contributed by atoms with E-state index in [4.69, 9.17) is 0 Å². The largest absolute Gasteiger partial charge is 0.573 e. The van der Waals surface area contributed by atoms with Crippen molar-refractivity contribution in [1.29, 1.82) is 0 Å². The van der Waals surface area contributed by atoms with Crippen molar-refractivity contribution >= 4 is 17.5 Å². The molecule has 2 heterocycles. The molecule has 2 atom stereocenters. The van der Waals surface area contributed by atoms with Crippen molar-refractivity contribution in [2.45, 2.75) is 55.4 Å². The maximum Gasteiger partial charge on any atom is 0.573 e. The van der Waals surface area contributed by atoms with E-state index in [0.717, 1.165) is 12.8 Å². The minimum absolute atomic E-state index is 0.0544. The normalized spacial score (nSPS) is 27.5. The summed E-state index contributed by atoms with van der Waals surface area (Å²) in [6.07, 6.45) is 0.918. The molecular formula is C17H19F3O2S. The molecule has 23 heavy (non-hydrogen) atoms. The summed E-state index contributed by atoms with van der Waals surface area (Å²) in [5, 5.41) is 1.16. The molecule has 0 aromatic heterocycles. The van der Waals surface area contributed by atoms with Crippen LogP contribution in [0, 0.1) is 5.92 Å². The Balaban J connectivity index is 1.62. The van der Waals surface area contributed by atoms with Gasteiger partial charge in [-0.05, 0) is 43.4 Å². The van der Waals surface area contributed by atoms with E-state index in [1.165, 1.54) is 37.5 Å². The first-order valence-corrected chi connectivity index (χ1v) is 8.86. The summed E-state index contributed by atoms with van der Waals surface area (Å²) in [5.74, 6) is -0.0658. The molecule has 126 valence electrons. The second-order valence-corrected chi connectivity index (χ2v) is 7.92. The van der Waals surface area contributed by atoms with Crippen LogP contribution in [0.2, 0.25) is 0 Å². The van der Waals surface area contributed by atoms with E-state index >= 15 is 0 Å². The number of Topliss-reactive ketones (excluding diaryl/α,β-unsaturated/α-hetero) is 1. The van der Waals surface area contributed by atoms with Gasteiger partial charge in [-0.2, -0.15) is 11.8 Å². The fraction of sp³-hybridized carbons (Fsp3) is 0.588. The van der Waals surface area contributed by atoms with Crippen molar-refractivity contribution in [1.82, 2.24) is 0 Å². The molecule has 2 aliphatic rings. The van der Waals surface area contributed by atoms with Crippen molar-refractivity contribution in [2.24, 2.45) is 5.92 Å². The third kappa shape index (κ3) is 4.66. The van der Waals surface area contributed by atoms with Gasteiger partial charge in [0.05, 0.1) is 0 Å². The van der Waals surface area contributed by atoms with Crippen molar-refractivity contribution in [3.8, 4) is 5.75 Å². The van der Waals surface area contributed by atoms with E-state index in [2.05, 4.69) is 4.74 Å². The number of benzene rings is 1. The number of thioether (sulfide) groups is 1. The minimum Gasteiger partial charge on any atom is -0.406 e. The monoisotopic (exact) mass is 344 g/mol. The summed E-state index contributed by atoms with van der Waals surface area (Å²) in [5.41, 5.74) is 0.583. The Morgan fingerprint density at radius 2 is 1.91 bits per heavy atom. The van der Waals surface area contributed by atoms with Crippen LogP contribution < -0.4 is 4.74 Å². The Labute approximate surface area is 137 Å². The quantitative estimate of drug-likeness (QED) is 0.788. The van der Waals surface area contributed by atoms with E-state index < -0.39 is 6.36 Å². The highest BCUT2D eigenvalue weighted by molar-refractivity contribution is 8.00. The second-order valence-electron chi connectivity index (χ2n) is 6.32. The van der Waals surface area contributed by atoms with Crippen LogP contribution in [0.15, 0.2) is 24.3 Å². The first-order valence-electron chi connectivity index (χ1n) is 7.92. The highest BCUT2D eigenvalue weighted by atomic mass is 32.2. The van der Waals surface area contributed by atoms with Crippen molar-refractivity contribution in [3.05, 3.63) is 29.8 Å². The van der Waals surface area contributed by atoms with E-state index in [-0.39, 0.29) is 23.9 Å². The molecule has 2 unspecified atom stereocenters. The molecule has 0 amide bonds.